The summed E-state index contributed by atoms with van der Waals surface area (Å²) in [5.74, 6) is 0.320. The summed E-state index contributed by atoms with van der Waals surface area (Å²) in [6.45, 7) is -0.0510. The SMILES string of the molecule is COc1cc(Cn2c(C(F)(F)F)cc3c(Cl)ncnc32)ccn1. The fourth-order valence-corrected chi connectivity index (χ4v) is 2.45. The first kappa shape index (κ1) is 15.5. The minimum Gasteiger partial charge on any atom is -0.481 e. The second kappa shape index (κ2) is 5.69. The van der Waals surface area contributed by atoms with Gasteiger partial charge in [0.05, 0.1) is 12.5 Å². The van der Waals surface area contributed by atoms with Gasteiger partial charge in [-0.05, 0) is 17.7 Å². The van der Waals surface area contributed by atoms with Gasteiger partial charge in [-0.25, -0.2) is 15.0 Å². The molecule has 0 fully saturated rings. The van der Waals surface area contributed by atoms with Crippen LogP contribution in [0.15, 0.2) is 30.7 Å². The van der Waals surface area contributed by atoms with Gasteiger partial charge in [0.1, 0.15) is 22.8 Å². The fourth-order valence-electron chi connectivity index (χ4n) is 2.27. The van der Waals surface area contributed by atoms with Crippen LogP contribution in [0.3, 0.4) is 0 Å². The summed E-state index contributed by atoms with van der Waals surface area (Å²) in [7, 11) is 1.44. The van der Waals surface area contributed by atoms with Crippen LogP contribution in [0, 0.1) is 0 Å². The Morgan fingerprint density at radius 2 is 2.00 bits per heavy atom. The molecule has 0 N–H and O–H groups in total. The van der Waals surface area contributed by atoms with E-state index in [4.69, 9.17) is 16.3 Å². The zero-order chi connectivity index (χ0) is 16.6. The highest BCUT2D eigenvalue weighted by atomic mass is 35.5. The van der Waals surface area contributed by atoms with Crippen LogP contribution in [0.1, 0.15) is 11.3 Å². The number of nitrogens with zero attached hydrogens (tertiary/aromatic N) is 4. The van der Waals surface area contributed by atoms with Crippen molar-refractivity contribution in [1.82, 2.24) is 19.5 Å². The van der Waals surface area contributed by atoms with Crippen molar-refractivity contribution in [3.8, 4) is 5.88 Å². The fraction of sp³-hybridized carbons (Fsp3) is 0.214. The Labute approximate surface area is 133 Å². The molecule has 3 heterocycles. The lowest BCUT2D eigenvalue weighted by atomic mass is 10.2. The molecular weight excluding hydrogens is 333 g/mol. The molecule has 9 heteroatoms. The molecule has 120 valence electrons. The maximum Gasteiger partial charge on any atom is 0.431 e. The van der Waals surface area contributed by atoms with Crippen molar-refractivity contribution in [1.29, 1.82) is 0 Å². The number of methoxy groups -OCH3 is 1. The summed E-state index contributed by atoms with van der Waals surface area (Å²) < 4.78 is 46.0. The molecule has 3 aromatic heterocycles. The number of pyridine rings is 1. The Kier molecular flexibility index (Phi) is 3.85. The van der Waals surface area contributed by atoms with E-state index >= 15 is 0 Å². The topological polar surface area (TPSA) is 52.8 Å². The lowest BCUT2D eigenvalue weighted by molar-refractivity contribution is -0.143. The standard InChI is InChI=1S/C14H10ClF3N4O/c1-23-11-4-8(2-3-19-11)6-22-10(14(16,17)18)5-9-12(15)20-7-21-13(9)22/h2-5,7H,6H2,1H3. The van der Waals surface area contributed by atoms with E-state index in [0.717, 1.165) is 17.0 Å². The summed E-state index contributed by atoms with van der Waals surface area (Å²) in [4.78, 5) is 11.6. The smallest absolute Gasteiger partial charge is 0.431 e. The second-order valence-corrected chi connectivity index (χ2v) is 5.08. The molecule has 0 unspecified atom stereocenters. The van der Waals surface area contributed by atoms with Gasteiger partial charge in [-0.3, -0.25) is 0 Å². The Balaban J connectivity index is 2.16. The van der Waals surface area contributed by atoms with Crippen molar-refractivity contribution >= 4 is 22.6 Å². The molecule has 3 aromatic rings. The first-order valence-corrected chi connectivity index (χ1v) is 6.84. The van der Waals surface area contributed by atoms with E-state index in [9.17, 15) is 13.2 Å². The highest BCUT2D eigenvalue weighted by Crippen LogP contribution is 2.35. The average Bonchev–Trinajstić information content (AvgIpc) is 2.88. The molecule has 0 aliphatic carbocycles. The molecule has 23 heavy (non-hydrogen) atoms. The van der Waals surface area contributed by atoms with Gasteiger partial charge in [-0.2, -0.15) is 13.2 Å². The van der Waals surface area contributed by atoms with E-state index in [1.54, 1.807) is 12.1 Å². The number of fused-ring (bicyclic) bond motifs is 1. The Hall–Kier alpha value is -2.35. The van der Waals surface area contributed by atoms with Gasteiger partial charge in [-0.1, -0.05) is 11.6 Å². The van der Waals surface area contributed by atoms with Gasteiger partial charge >= 0.3 is 6.18 Å². The van der Waals surface area contributed by atoms with Crippen molar-refractivity contribution < 1.29 is 17.9 Å². The summed E-state index contributed by atoms with van der Waals surface area (Å²) in [5, 5.41) is 0.133. The van der Waals surface area contributed by atoms with Crippen molar-refractivity contribution in [3.63, 3.8) is 0 Å². The lowest BCUT2D eigenvalue weighted by Crippen LogP contribution is -2.14. The van der Waals surface area contributed by atoms with Crippen LogP contribution in [0.25, 0.3) is 11.0 Å². The normalized spacial score (nSPS) is 11.9. The van der Waals surface area contributed by atoms with E-state index in [1.807, 2.05) is 0 Å². The Morgan fingerprint density at radius 1 is 1.22 bits per heavy atom. The van der Waals surface area contributed by atoms with Gasteiger partial charge in [0.15, 0.2) is 0 Å². The number of hydrogen-bond donors (Lipinski definition) is 0. The Morgan fingerprint density at radius 3 is 2.70 bits per heavy atom. The third-order valence-electron chi connectivity index (χ3n) is 3.28. The number of halogens is 4. The summed E-state index contributed by atoms with van der Waals surface area (Å²) >= 11 is 5.88. The molecular formula is C14H10ClF3N4O. The average molecular weight is 343 g/mol. The first-order valence-electron chi connectivity index (χ1n) is 6.46. The Bertz CT molecular complexity index is 863. The molecule has 0 radical (unpaired) electrons. The highest BCUT2D eigenvalue weighted by Gasteiger charge is 2.36. The maximum atomic E-state index is 13.3. The van der Waals surface area contributed by atoms with Crippen molar-refractivity contribution in [2.24, 2.45) is 0 Å². The van der Waals surface area contributed by atoms with Crippen molar-refractivity contribution in [3.05, 3.63) is 47.1 Å². The minimum atomic E-state index is -4.54. The predicted octanol–water partition coefficient (Wildman–Crippen LogP) is 3.56. The minimum absolute atomic E-state index is 0.0217. The second-order valence-electron chi connectivity index (χ2n) is 4.72. The number of hydrogen-bond acceptors (Lipinski definition) is 4. The largest absolute Gasteiger partial charge is 0.481 e. The molecule has 0 atom stereocenters. The quantitative estimate of drug-likeness (QED) is 0.683. The molecule has 0 aliphatic heterocycles. The van der Waals surface area contributed by atoms with Crippen LogP contribution in [-0.2, 0) is 12.7 Å². The highest BCUT2D eigenvalue weighted by molar-refractivity contribution is 6.33. The van der Waals surface area contributed by atoms with E-state index in [0.29, 0.717) is 11.4 Å². The molecule has 5 nitrogen and oxygen atoms in total. The van der Waals surface area contributed by atoms with E-state index in [-0.39, 0.29) is 22.7 Å². The number of rotatable bonds is 3. The molecule has 3 rings (SSSR count). The molecule has 0 aliphatic rings. The first-order chi connectivity index (χ1) is 10.9. The van der Waals surface area contributed by atoms with Crippen LogP contribution >= 0.6 is 11.6 Å². The molecule has 0 spiro atoms. The van der Waals surface area contributed by atoms with Crippen LogP contribution in [0.2, 0.25) is 5.15 Å². The van der Waals surface area contributed by atoms with Crippen molar-refractivity contribution in [2.45, 2.75) is 12.7 Å². The molecule has 0 amide bonds. The van der Waals surface area contributed by atoms with Crippen LogP contribution < -0.4 is 4.74 Å². The van der Waals surface area contributed by atoms with Crippen LogP contribution in [-0.4, -0.2) is 26.6 Å². The number of alkyl halides is 3. The van der Waals surface area contributed by atoms with Gasteiger partial charge in [-0.15, -0.1) is 0 Å². The van der Waals surface area contributed by atoms with E-state index < -0.39 is 11.9 Å². The van der Waals surface area contributed by atoms with E-state index in [2.05, 4.69) is 15.0 Å². The molecule has 0 saturated heterocycles. The summed E-state index contributed by atoms with van der Waals surface area (Å²) in [6.07, 6.45) is -1.94. The number of aromatic nitrogens is 4. The van der Waals surface area contributed by atoms with Gasteiger partial charge in [0.25, 0.3) is 0 Å². The monoisotopic (exact) mass is 342 g/mol. The van der Waals surface area contributed by atoms with E-state index in [1.165, 1.54) is 13.3 Å². The zero-order valence-corrected chi connectivity index (χ0v) is 12.6. The predicted molar refractivity (Wildman–Crippen MR) is 77.4 cm³/mol. The molecule has 0 saturated carbocycles. The van der Waals surface area contributed by atoms with Crippen LogP contribution in [0.5, 0.6) is 5.88 Å². The molecule has 0 aromatic carbocycles. The lowest BCUT2D eigenvalue weighted by Gasteiger charge is -2.13. The third kappa shape index (κ3) is 2.94. The zero-order valence-electron chi connectivity index (χ0n) is 11.8. The van der Waals surface area contributed by atoms with Gasteiger partial charge in [0, 0.05) is 18.8 Å². The van der Waals surface area contributed by atoms with Gasteiger partial charge < -0.3 is 9.30 Å². The summed E-state index contributed by atoms with van der Waals surface area (Å²) in [6, 6.07) is 4.13. The number of ether oxygens (including phenoxy) is 1. The van der Waals surface area contributed by atoms with Crippen molar-refractivity contribution in [2.75, 3.05) is 7.11 Å². The van der Waals surface area contributed by atoms with Gasteiger partial charge in [0.2, 0.25) is 5.88 Å². The molecule has 0 bridgehead atoms. The maximum absolute atomic E-state index is 13.3. The van der Waals surface area contributed by atoms with Crippen LogP contribution in [0.4, 0.5) is 13.2 Å². The summed E-state index contributed by atoms with van der Waals surface area (Å²) in [5.41, 5.74) is -0.131. The third-order valence-corrected chi connectivity index (χ3v) is 3.58.